The number of hydrogen-bond acceptors (Lipinski definition) is 4. The Hall–Kier alpha value is -1.59. The Bertz CT molecular complexity index is 716. The zero-order chi connectivity index (χ0) is 11.3. The van der Waals surface area contributed by atoms with E-state index in [4.69, 9.17) is 5.73 Å². The number of benzene rings is 1. The van der Waals surface area contributed by atoms with Crippen molar-refractivity contribution in [3.05, 3.63) is 24.3 Å². The molecule has 0 saturated heterocycles. The molecule has 0 radical (unpaired) electrons. The standard InChI is InChI=1S/C11H9N3OS.ClH/c1-6(15)14-8-5-3-2-4-7(8)9-10(14)16-11(12)13-9;/h2-5H,1H3,(H2,12,13);1H. The second-order valence-corrected chi connectivity index (χ2v) is 4.59. The predicted molar refractivity (Wildman–Crippen MR) is 73.1 cm³/mol. The van der Waals surface area contributed by atoms with Crippen LogP contribution in [0.4, 0.5) is 5.13 Å². The minimum Gasteiger partial charge on any atom is -0.375 e. The summed E-state index contributed by atoms with van der Waals surface area (Å²) < 4.78 is 1.67. The van der Waals surface area contributed by atoms with Gasteiger partial charge in [0.1, 0.15) is 10.3 Å². The van der Waals surface area contributed by atoms with Crippen LogP contribution in [0.3, 0.4) is 0 Å². The summed E-state index contributed by atoms with van der Waals surface area (Å²) in [6.45, 7) is 1.54. The number of carbonyl (C=O) groups excluding carboxylic acids is 1. The zero-order valence-corrected chi connectivity index (χ0v) is 10.6. The second kappa shape index (κ2) is 4.01. The molecule has 2 heterocycles. The van der Waals surface area contributed by atoms with Crippen molar-refractivity contribution >= 4 is 56.0 Å². The molecule has 0 unspecified atom stereocenters. The van der Waals surface area contributed by atoms with Crippen molar-refractivity contribution in [1.29, 1.82) is 0 Å². The van der Waals surface area contributed by atoms with Crippen molar-refractivity contribution in [2.75, 3.05) is 5.73 Å². The maximum atomic E-state index is 11.6. The van der Waals surface area contributed by atoms with E-state index in [-0.39, 0.29) is 18.3 Å². The topological polar surface area (TPSA) is 60.9 Å². The molecule has 0 fully saturated rings. The molecule has 2 aromatic heterocycles. The van der Waals surface area contributed by atoms with Gasteiger partial charge in [-0.05, 0) is 6.07 Å². The fourth-order valence-electron chi connectivity index (χ4n) is 1.95. The number of hydrogen-bond donors (Lipinski definition) is 1. The van der Waals surface area contributed by atoms with Crippen molar-refractivity contribution in [2.45, 2.75) is 6.92 Å². The van der Waals surface area contributed by atoms with E-state index in [0.29, 0.717) is 5.13 Å². The van der Waals surface area contributed by atoms with Crippen LogP contribution >= 0.6 is 23.7 Å². The first-order valence-corrected chi connectivity index (χ1v) is 5.66. The van der Waals surface area contributed by atoms with Gasteiger partial charge in [0.15, 0.2) is 5.13 Å². The average Bonchev–Trinajstić information content (AvgIpc) is 2.72. The zero-order valence-electron chi connectivity index (χ0n) is 9.01. The molecule has 1 aromatic carbocycles. The molecule has 0 amide bonds. The lowest BCUT2D eigenvalue weighted by atomic mass is 10.2. The third-order valence-electron chi connectivity index (χ3n) is 2.54. The number of nitrogens with zero attached hydrogens (tertiary/aromatic N) is 2. The van der Waals surface area contributed by atoms with Crippen molar-refractivity contribution in [3.63, 3.8) is 0 Å². The summed E-state index contributed by atoms with van der Waals surface area (Å²) in [5.74, 6) is -0.0187. The van der Waals surface area contributed by atoms with Crippen LogP contribution in [0, 0.1) is 0 Å². The first kappa shape index (κ1) is 11.9. The second-order valence-electron chi connectivity index (χ2n) is 3.58. The normalized spacial score (nSPS) is 10.6. The number of aromatic nitrogens is 2. The molecule has 4 nitrogen and oxygen atoms in total. The maximum absolute atomic E-state index is 11.6. The van der Waals surface area contributed by atoms with Crippen LogP contribution in [0.2, 0.25) is 0 Å². The minimum atomic E-state index is -0.0187. The molecule has 0 saturated carbocycles. The van der Waals surface area contributed by atoms with Gasteiger partial charge >= 0.3 is 0 Å². The molecular formula is C11H10ClN3OS. The average molecular weight is 268 g/mol. The number of thiazole rings is 1. The first-order valence-electron chi connectivity index (χ1n) is 4.85. The summed E-state index contributed by atoms with van der Waals surface area (Å²) in [7, 11) is 0. The molecular weight excluding hydrogens is 258 g/mol. The predicted octanol–water partition coefficient (Wildman–Crippen LogP) is 2.92. The summed E-state index contributed by atoms with van der Waals surface area (Å²) >= 11 is 1.34. The number of halogens is 1. The number of nitrogen functional groups attached to an aromatic ring is 1. The van der Waals surface area contributed by atoms with Gasteiger partial charge in [-0.15, -0.1) is 12.4 Å². The third kappa shape index (κ3) is 1.59. The Kier molecular flexibility index (Phi) is 2.81. The van der Waals surface area contributed by atoms with Crippen molar-refractivity contribution in [3.8, 4) is 0 Å². The molecule has 0 bridgehead atoms. The number of para-hydroxylation sites is 1. The van der Waals surface area contributed by atoms with Crippen LogP contribution < -0.4 is 5.73 Å². The first-order chi connectivity index (χ1) is 7.68. The van der Waals surface area contributed by atoms with E-state index in [1.54, 1.807) is 11.5 Å². The molecule has 6 heteroatoms. The fourth-order valence-corrected chi connectivity index (χ4v) is 2.85. The number of nitrogens with two attached hydrogens (primary N) is 1. The highest BCUT2D eigenvalue weighted by molar-refractivity contribution is 7.22. The highest BCUT2D eigenvalue weighted by Crippen LogP contribution is 2.33. The van der Waals surface area contributed by atoms with Gasteiger partial charge in [0.25, 0.3) is 0 Å². The molecule has 3 rings (SSSR count). The molecule has 0 aliphatic rings. The number of fused-ring (bicyclic) bond motifs is 3. The van der Waals surface area contributed by atoms with E-state index >= 15 is 0 Å². The Morgan fingerprint density at radius 3 is 2.82 bits per heavy atom. The maximum Gasteiger partial charge on any atom is 0.229 e. The van der Waals surface area contributed by atoms with Crippen LogP contribution in [0.25, 0.3) is 21.3 Å². The smallest absolute Gasteiger partial charge is 0.229 e. The van der Waals surface area contributed by atoms with E-state index in [1.807, 2.05) is 24.3 Å². The lowest BCUT2D eigenvalue weighted by molar-refractivity contribution is 0.0947. The van der Waals surface area contributed by atoms with Gasteiger partial charge in [-0.1, -0.05) is 29.5 Å². The fraction of sp³-hybridized carbons (Fsp3) is 0.0909. The van der Waals surface area contributed by atoms with Gasteiger partial charge < -0.3 is 5.73 Å². The molecule has 0 aliphatic heterocycles. The van der Waals surface area contributed by atoms with Gasteiger partial charge in [0, 0.05) is 12.3 Å². The van der Waals surface area contributed by atoms with E-state index < -0.39 is 0 Å². The lowest BCUT2D eigenvalue weighted by Gasteiger charge is -1.98. The van der Waals surface area contributed by atoms with E-state index in [2.05, 4.69) is 4.98 Å². The molecule has 3 aromatic rings. The number of rotatable bonds is 0. The molecule has 0 aliphatic carbocycles. The minimum absolute atomic E-state index is 0. The highest BCUT2D eigenvalue weighted by atomic mass is 35.5. The van der Waals surface area contributed by atoms with Crippen molar-refractivity contribution in [2.24, 2.45) is 0 Å². The van der Waals surface area contributed by atoms with Crippen LogP contribution in [-0.2, 0) is 0 Å². The van der Waals surface area contributed by atoms with Gasteiger partial charge in [0.05, 0.1) is 5.52 Å². The van der Waals surface area contributed by atoms with Crippen LogP contribution in [0.1, 0.15) is 11.7 Å². The molecule has 88 valence electrons. The summed E-state index contributed by atoms with van der Waals surface area (Å²) in [4.78, 5) is 16.7. The molecule has 2 N–H and O–H groups in total. The van der Waals surface area contributed by atoms with Crippen molar-refractivity contribution < 1.29 is 4.79 Å². The number of anilines is 1. The van der Waals surface area contributed by atoms with Gasteiger partial charge in [-0.25, -0.2) is 4.98 Å². The molecule has 0 spiro atoms. The third-order valence-corrected chi connectivity index (χ3v) is 3.41. The summed E-state index contributed by atoms with van der Waals surface area (Å²) in [5, 5.41) is 1.46. The molecule has 0 atom stereocenters. The summed E-state index contributed by atoms with van der Waals surface area (Å²) in [5.41, 5.74) is 7.38. The monoisotopic (exact) mass is 267 g/mol. The van der Waals surface area contributed by atoms with E-state index in [1.165, 1.54) is 11.3 Å². The van der Waals surface area contributed by atoms with Crippen molar-refractivity contribution in [1.82, 2.24) is 9.55 Å². The van der Waals surface area contributed by atoms with E-state index in [0.717, 1.165) is 21.3 Å². The Morgan fingerprint density at radius 1 is 1.41 bits per heavy atom. The Balaban J connectivity index is 0.00000108. The highest BCUT2D eigenvalue weighted by Gasteiger charge is 2.16. The van der Waals surface area contributed by atoms with E-state index in [9.17, 15) is 4.79 Å². The van der Waals surface area contributed by atoms with Gasteiger partial charge in [-0.3, -0.25) is 9.36 Å². The van der Waals surface area contributed by atoms with Gasteiger partial charge in [0.2, 0.25) is 5.91 Å². The SMILES string of the molecule is CC(=O)n1c2ccccc2c2nc(N)sc21.Cl. The summed E-state index contributed by atoms with van der Waals surface area (Å²) in [6, 6.07) is 7.72. The largest absolute Gasteiger partial charge is 0.375 e. The van der Waals surface area contributed by atoms with Gasteiger partial charge in [-0.2, -0.15) is 0 Å². The Morgan fingerprint density at radius 2 is 2.12 bits per heavy atom. The van der Waals surface area contributed by atoms with Crippen LogP contribution in [0.15, 0.2) is 24.3 Å². The van der Waals surface area contributed by atoms with Crippen LogP contribution in [0.5, 0.6) is 0 Å². The number of carbonyl (C=O) groups is 1. The lowest BCUT2D eigenvalue weighted by Crippen LogP contribution is -2.03. The summed E-state index contributed by atoms with van der Waals surface area (Å²) in [6.07, 6.45) is 0. The Labute approximate surface area is 107 Å². The van der Waals surface area contributed by atoms with Crippen LogP contribution in [-0.4, -0.2) is 15.5 Å². The quantitative estimate of drug-likeness (QED) is 0.681. The molecule has 17 heavy (non-hydrogen) atoms.